The zero-order chi connectivity index (χ0) is 22.2. The molecule has 10 heteroatoms. The van der Waals surface area contributed by atoms with Crippen LogP contribution in [0, 0.1) is 5.92 Å². The van der Waals surface area contributed by atoms with Gasteiger partial charge in [-0.15, -0.1) is 0 Å². The summed E-state index contributed by atoms with van der Waals surface area (Å²) in [6.07, 6.45) is 0.442. The number of hydrogen-bond acceptors (Lipinski definition) is 6. The summed E-state index contributed by atoms with van der Waals surface area (Å²) in [7, 11) is -3.35. The van der Waals surface area contributed by atoms with Gasteiger partial charge in [-0.2, -0.15) is 4.37 Å². The number of anilines is 1. The van der Waals surface area contributed by atoms with E-state index in [-0.39, 0.29) is 28.6 Å². The van der Waals surface area contributed by atoms with Crippen molar-refractivity contribution < 1.29 is 22.0 Å². The van der Waals surface area contributed by atoms with Gasteiger partial charge in [0.1, 0.15) is 18.2 Å². The van der Waals surface area contributed by atoms with Crippen LogP contribution in [0.5, 0.6) is 0 Å². The van der Waals surface area contributed by atoms with E-state index in [1.54, 1.807) is 18.2 Å². The molecule has 166 valence electrons. The van der Waals surface area contributed by atoms with Gasteiger partial charge in [-0.1, -0.05) is 25.1 Å². The van der Waals surface area contributed by atoms with Crippen LogP contribution in [0.3, 0.4) is 0 Å². The van der Waals surface area contributed by atoms with Crippen LogP contribution in [0.2, 0.25) is 0 Å². The Morgan fingerprint density at radius 3 is 2.39 bits per heavy atom. The number of carbonyl (C=O) groups excluding carboxylic acids is 1. The van der Waals surface area contributed by atoms with Crippen LogP contribution in [0.25, 0.3) is 5.57 Å². The maximum atomic E-state index is 13.7. The minimum atomic E-state index is -3.35. The molecule has 0 bridgehead atoms. The van der Waals surface area contributed by atoms with Crippen molar-refractivity contribution in [2.45, 2.75) is 61.5 Å². The molecule has 0 saturated heterocycles. The number of amides is 1. The third-order valence-corrected chi connectivity index (χ3v) is 8.50. The molecule has 2 saturated carbocycles. The number of halogens is 2. The summed E-state index contributed by atoms with van der Waals surface area (Å²) in [5.74, 6) is -0.299. The standard InChI is InChI=1S/C21H23F2N3O3S2/c1-2-19-24-21(30-26-19)25-20(27)16(9-12-10-17(22)18(23)11-12)13-3-5-14(6-4-13)31(28,29)15-7-8-15/h3-6,9,12,15,17-18H,2,7-8,10-11H2,1H3,(H,24,25,26,27)/t12?,17-,18+. The maximum absolute atomic E-state index is 13.7. The Bertz CT molecular complexity index is 1090. The fraction of sp³-hybridized carbons (Fsp3) is 0.476. The second-order valence-corrected chi connectivity index (χ2v) is 10.9. The summed E-state index contributed by atoms with van der Waals surface area (Å²) < 4.78 is 56.4. The number of aromatic nitrogens is 2. The van der Waals surface area contributed by atoms with Crippen LogP contribution in [0.15, 0.2) is 35.2 Å². The fourth-order valence-electron chi connectivity index (χ4n) is 3.65. The Labute approximate surface area is 183 Å². The SMILES string of the molecule is CCc1nsc(NC(=O)C(=CC2C[C@@H](F)[C@@H](F)C2)c2ccc(S(=O)(=O)C3CC3)cc2)n1. The van der Waals surface area contributed by atoms with Gasteiger partial charge in [-0.25, -0.2) is 22.2 Å². The normalized spacial score (nSPS) is 24.4. The lowest BCUT2D eigenvalue weighted by molar-refractivity contribution is -0.111. The Kier molecular flexibility index (Phi) is 6.20. The number of hydrogen-bond donors (Lipinski definition) is 1. The molecule has 1 N–H and O–H groups in total. The van der Waals surface area contributed by atoms with Crippen LogP contribution >= 0.6 is 11.5 Å². The molecule has 6 nitrogen and oxygen atoms in total. The minimum Gasteiger partial charge on any atom is -0.297 e. The number of sulfone groups is 1. The molecule has 2 aliphatic carbocycles. The molecular weight excluding hydrogens is 444 g/mol. The van der Waals surface area contributed by atoms with Gasteiger partial charge < -0.3 is 0 Å². The van der Waals surface area contributed by atoms with Crippen molar-refractivity contribution in [3.8, 4) is 0 Å². The molecule has 1 unspecified atom stereocenters. The van der Waals surface area contributed by atoms with Crippen molar-refractivity contribution in [1.82, 2.24) is 9.36 Å². The van der Waals surface area contributed by atoms with Gasteiger partial charge in [-0.3, -0.25) is 10.1 Å². The first-order valence-electron chi connectivity index (χ1n) is 10.3. The number of nitrogens with one attached hydrogen (secondary N) is 1. The third kappa shape index (κ3) is 4.85. The number of nitrogens with zero attached hydrogens (tertiary/aromatic N) is 2. The molecule has 2 fully saturated rings. The van der Waals surface area contributed by atoms with Gasteiger partial charge in [0, 0.05) is 23.5 Å². The van der Waals surface area contributed by atoms with Crippen LogP contribution in [0.1, 0.15) is 44.0 Å². The number of allylic oxidation sites excluding steroid dienone is 1. The molecule has 1 aromatic carbocycles. The first kappa shape index (κ1) is 22.0. The van der Waals surface area contributed by atoms with Gasteiger partial charge in [0.2, 0.25) is 5.13 Å². The first-order valence-corrected chi connectivity index (χ1v) is 12.6. The van der Waals surface area contributed by atoms with E-state index < -0.39 is 34.0 Å². The second kappa shape index (κ2) is 8.74. The predicted octanol–water partition coefficient (Wildman–Crippen LogP) is 4.14. The molecule has 0 spiro atoms. The molecule has 0 aliphatic heterocycles. The lowest BCUT2D eigenvalue weighted by Gasteiger charge is -2.11. The van der Waals surface area contributed by atoms with Crippen molar-refractivity contribution in [3.05, 3.63) is 41.7 Å². The molecule has 2 aliphatic rings. The highest BCUT2D eigenvalue weighted by Crippen LogP contribution is 2.36. The van der Waals surface area contributed by atoms with Crippen molar-refractivity contribution in [2.75, 3.05) is 5.32 Å². The van der Waals surface area contributed by atoms with E-state index in [0.29, 0.717) is 35.8 Å². The zero-order valence-corrected chi connectivity index (χ0v) is 18.6. The third-order valence-electron chi connectivity index (χ3n) is 5.56. The average Bonchev–Trinajstić information content (AvgIpc) is 3.45. The summed E-state index contributed by atoms with van der Waals surface area (Å²) in [5.41, 5.74) is 0.708. The number of alkyl halides is 2. The Balaban J connectivity index is 1.62. The highest BCUT2D eigenvalue weighted by atomic mass is 32.2. The van der Waals surface area contributed by atoms with Crippen LogP contribution in [-0.2, 0) is 21.1 Å². The zero-order valence-electron chi connectivity index (χ0n) is 16.9. The van der Waals surface area contributed by atoms with Crippen LogP contribution in [0.4, 0.5) is 13.9 Å². The highest BCUT2D eigenvalue weighted by molar-refractivity contribution is 7.92. The molecule has 2 aromatic rings. The molecule has 0 radical (unpaired) electrons. The monoisotopic (exact) mass is 467 g/mol. The summed E-state index contributed by atoms with van der Waals surface area (Å²) >= 11 is 1.05. The molecular formula is C21H23F2N3O3S2. The van der Waals surface area contributed by atoms with E-state index in [1.165, 1.54) is 12.1 Å². The summed E-state index contributed by atoms with van der Waals surface area (Å²) in [4.78, 5) is 17.4. The number of carbonyl (C=O) groups is 1. The van der Waals surface area contributed by atoms with Gasteiger partial charge in [-0.05, 0) is 49.3 Å². The second-order valence-electron chi connectivity index (χ2n) is 7.94. The molecule has 1 heterocycles. The van der Waals surface area contributed by atoms with Crippen LogP contribution < -0.4 is 5.32 Å². The van der Waals surface area contributed by atoms with E-state index in [0.717, 1.165) is 11.5 Å². The quantitative estimate of drug-likeness (QED) is 0.618. The molecule has 31 heavy (non-hydrogen) atoms. The van der Waals surface area contributed by atoms with E-state index in [2.05, 4.69) is 14.7 Å². The average molecular weight is 468 g/mol. The minimum absolute atomic E-state index is 0.00484. The van der Waals surface area contributed by atoms with Crippen molar-refractivity contribution in [3.63, 3.8) is 0 Å². The molecule has 1 aromatic heterocycles. The van der Waals surface area contributed by atoms with E-state index in [4.69, 9.17) is 0 Å². The predicted molar refractivity (Wildman–Crippen MR) is 115 cm³/mol. The van der Waals surface area contributed by atoms with Gasteiger partial charge >= 0.3 is 0 Å². The lowest BCUT2D eigenvalue weighted by atomic mass is 9.98. The molecule has 3 atom stereocenters. The highest BCUT2D eigenvalue weighted by Gasteiger charge is 2.37. The van der Waals surface area contributed by atoms with Crippen molar-refractivity contribution in [1.29, 1.82) is 0 Å². The summed E-state index contributed by atoms with van der Waals surface area (Å²) in [6.45, 7) is 1.90. The first-order chi connectivity index (χ1) is 14.8. The largest absolute Gasteiger partial charge is 0.297 e. The number of aryl methyl sites for hydroxylation is 1. The van der Waals surface area contributed by atoms with Crippen LogP contribution in [-0.4, -0.2) is 41.3 Å². The molecule has 4 rings (SSSR count). The van der Waals surface area contributed by atoms with Gasteiger partial charge in [0.15, 0.2) is 9.84 Å². The topological polar surface area (TPSA) is 89.0 Å². The van der Waals surface area contributed by atoms with Crippen molar-refractivity contribution in [2.24, 2.45) is 5.92 Å². The Morgan fingerprint density at radius 2 is 1.84 bits per heavy atom. The summed E-state index contributed by atoms with van der Waals surface area (Å²) in [6, 6.07) is 6.09. The maximum Gasteiger partial charge on any atom is 0.257 e. The van der Waals surface area contributed by atoms with Crippen molar-refractivity contribution >= 4 is 38.0 Å². The number of benzene rings is 1. The smallest absolute Gasteiger partial charge is 0.257 e. The van der Waals surface area contributed by atoms with E-state index in [9.17, 15) is 22.0 Å². The fourth-order valence-corrected chi connectivity index (χ4v) is 5.96. The van der Waals surface area contributed by atoms with E-state index in [1.807, 2.05) is 6.92 Å². The van der Waals surface area contributed by atoms with Gasteiger partial charge in [0.25, 0.3) is 5.91 Å². The van der Waals surface area contributed by atoms with Gasteiger partial charge in [0.05, 0.1) is 10.1 Å². The lowest BCUT2D eigenvalue weighted by Crippen LogP contribution is -2.15. The molecule has 1 amide bonds. The van der Waals surface area contributed by atoms with E-state index >= 15 is 0 Å². The Morgan fingerprint density at radius 1 is 1.19 bits per heavy atom. The number of rotatable bonds is 7. The summed E-state index contributed by atoms with van der Waals surface area (Å²) in [5, 5.41) is 2.70. The Hall–Kier alpha value is -2.20.